The fourth-order valence-electron chi connectivity index (χ4n) is 4.50. The zero-order valence-corrected chi connectivity index (χ0v) is 21.2. The number of ether oxygens (including phenoxy) is 1. The summed E-state index contributed by atoms with van der Waals surface area (Å²) in [5.74, 6) is 1.45. The third-order valence-corrected chi connectivity index (χ3v) is 7.77. The van der Waals surface area contributed by atoms with Gasteiger partial charge in [-0.3, -0.25) is 14.2 Å². The molecule has 2 aromatic heterocycles. The van der Waals surface area contributed by atoms with E-state index in [-0.39, 0.29) is 11.5 Å². The van der Waals surface area contributed by atoms with Gasteiger partial charge in [-0.1, -0.05) is 38.5 Å². The number of amides is 1. The van der Waals surface area contributed by atoms with Gasteiger partial charge in [-0.2, -0.15) is 0 Å². The predicted molar refractivity (Wildman–Crippen MR) is 137 cm³/mol. The number of hydrogen-bond donors (Lipinski definition) is 1. The molecule has 3 aromatic rings. The molecule has 8 heteroatoms. The highest BCUT2D eigenvalue weighted by atomic mass is 32.1. The summed E-state index contributed by atoms with van der Waals surface area (Å²) in [5.41, 5.74) is 1.64. The van der Waals surface area contributed by atoms with Crippen LogP contribution in [0, 0.1) is 6.92 Å². The van der Waals surface area contributed by atoms with Crippen LogP contribution in [0.1, 0.15) is 59.7 Å². The largest absolute Gasteiger partial charge is 0.492 e. The Hall–Kier alpha value is -2.71. The topological polar surface area (TPSA) is 76.5 Å². The van der Waals surface area contributed by atoms with Crippen molar-refractivity contribution in [1.29, 1.82) is 0 Å². The monoisotopic (exact) mass is 482 g/mol. The molecule has 1 N–H and O–H groups in total. The summed E-state index contributed by atoms with van der Waals surface area (Å²) in [6.45, 7) is 10.7. The molecule has 0 atom stereocenters. The van der Waals surface area contributed by atoms with E-state index in [4.69, 9.17) is 9.72 Å². The number of hydrogen-bond acceptors (Lipinski definition) is 6. The number of nitrogens with one attached hydrogen (secondary N) is 1. The number of para-hydroxylation sites is 1. The Labute approximate surface area is 204 Å². The number of carbonyl (C=O) groups is 1. The van der Waals surface area contributed by atoms with E-state index in [1.54, 1.807) is 0 Å². The maximum atomic E-state index is 13.2. The van der Waals surface area contributed by atoms with Gasteiger partial charge in [0.25, 0.3) is 11.5 Å². The second-order valence-corrected chi connectivity index (χ2v) is 9.70. The van der Waals surface area contributed by atoms with E-state index >= 15 is 0 Å². The Morgan fingerprint density at radius 2 is 2.00 bits per heavy atom. The Balaban J connectivity index is 1.49. The van der Waals surface area contributed by atoms with Crippen molar-refractivity contribution < 1.29 is 9.53 Å². The molecule has 1 aliphatic heterocycles. The van der Waals surface area contributed by atoms with Crippen molar-refractivity contribution in [2.24, 2.45) is 0 Å². The number of nitrogens with zero attached hydrogens (tertiary/aromatic N) is 3. The van der Waals surface area contributed by atoms with Gasteiger partial charge in [0.2, 0.25) is 0 Å². The fourth-order valence-corrected chi connectivity index (χ4v) is 5.60. The molecule has 0 fully saturated rings. The predicted octanol–water partition coefficient (Wildman–Crippen LogP) is 4.14. The molecule has 0 unspecified atom stereocenters. The maximum absolute atomic E-state index is 13.2. The number of benzene rings is 1. The molecule has 1 aliphatic rings. The van der Waals surface area contributed by atoms with Gasteiger partial charge < -0.3 is 15.0 Å². The lowest BCUT2D eigenvalue weighted by molar-refractivity contribution is 0.0954. The number of aryl methyl sites for hydroxylation is 2. The summed E-state index contributed by atoms with van der Waals surface area (Å²) in [6.07, 6.45) is 3.97. The van der Waals surface area contributed by atoms with E-state index in [2.05, 4.69) is 24.1 Å². The van der Waals surface area contributed by atoms with Crippen molar-refractivity contribution >= 4 is 27.5 Å². The van der Waals surface area contributed by atoms with Gasteiger partial charge in [0.15, 0.2) is 0 Å². The Bertz CT molecular complexity index is 1210. The molecule has 1 amide bonds. The number of likely N-dealkylation sites (N-methyl/N-ethyl adjacent to an activating group) is 1. The Kier molecular flexibility index (Phi) is 8.00. The van der Waals surface area contributed by atoms with Crippen LogP contribution in [0.4, 0.5) is 0 Å². The average molecular weight is 483 g/mol. The van der Waals surface area contributed by atoms with Crippen molar-refractivity contribution in [3.63, 3.8) is 0 Å². The van der Waals surface area contributed by atoms with Crippen LogP contribution in [0.15, 0.2) is 29.1 Å². The fraction of sp³-hybridized carbons (Fsp3) is 0.500. The zero-order valence-electron chi connectivity index (χ0n) is 20.4. The van der Waals surface area contributed by atoms with Crippen molar-refractivity contribution in [3.05, 3.63) is 56.4 Å². The van der Waals surface area contributed by atoms with Crippen LogP contribution < -0.4 is 15.6 Å². The first-order chi connectivity index (χ1) is 16.5. The van der Waals surface area contributed by atoms with Crippen molar-refractivity contribution in [3.8, 4) is 5.75 Å². The first-order valence-corrected chi connectivity index (χ1v) is 13.1. The minimum atomic E-state index is -0.182. The Morgan fingerprint density at radius 1 is 1.21 bits per heavy atom. The van der Waals surface area contributed by atoms with Crippen molar-refractivity contribution in [2.75, 3.05) is 26.2 Å². The van der Waals surface area contributed by atoms with E-state index in [1.165, 1.54) is 11.3 Å². The third kappa shape index (κ3) is 5.18. The van der Waals surface area contributed by atoms with Crippen molar-refractivity contribution in [1.82, 2.24) is 19.8 Å². The SMILES string of the molecule is CCN(CC)CCOc1ccccc1CNC(=O)c1sc2nc3n(c(=O)c2c1C)CCCCC3. The highest BCUT2D eigenvalue weighted by molar-refractivity contribution is 7.20. The first-order valence-electron chi connectivity index (χ1n) is 12.3. The number of fused-ring (bicyclic) bond motifs is 2. The molecule has 182 valence electrons. The first kappa shape index (κ1) is 24.4. The molecule has 7 nitrogen and oxygen atoms in total. The average Bonchev–Trinajstić information content (AvgIpc) is 3.01. The highest BCUT2D eigenvalue weighted by Crippen LogP contribution is 2.28. The smallest absolute Gasteiger partial charge is 0.262 e. The van der Waals surface area contributed by atoms with E-state index in [0.29, 0.717) is 34.8 Å². The molecule has 0 aliphatic carbocycles. The number of carbonyl (C=O) groups excluding carboxylic acids is 1. The summed E-state index contributed by atoms with van der Waals surface area (Å²) in [7, 11) is 0. The van der Waals surface area contributed by atoms with E-state index in [0.717, 1.165) is 68.0 Å². The molecular formula is C26H34N4O3S. The second-order valence-electron chi connectivity index (χ2n) is 8.70. The lowest BCUT2D eigenvalue weighted by atomic mass is 10.2. The summed E-state index contributed by atoms with van der Waals surface area (Å²) in [4.78, 5) is 34.6. The van der Waals surface area contributed by atoms with E-state index in [9.17, 15) is 9.59 Å². The van der Waals surface area contributed by atoms with Gasteiger partial charge in [-0.05, 0) is 44.5 Å². The molecule has 4 rings (SSSR count). The molecule has 0 bridgehead atoms. The molecule has 1 aromatic carbocycles. The highest BCUT2D eigenvalue weighted by Gasteiger charge is 2.22. The van der Waals surface area contributed by atoms with Crippen LogP contribution in [0.2, 0.25) is 0 Å². The number of aromatic nitrogens is 2. The quantitative estimate of drug-likeness (QED) is 0.496. The van der Waals surface area contributed by atoms with Gasteiger partial charge in [-0.25, -0.2) is 4.98 Å². The Morgan fingerprint density at radius 3 is 2.79 bits per heavy atom. The van der Waals surface area contributed by atoms with Crippen LogP contribution in [-0.2, 0) is 19.5 Å². The zero-order chi connectivity index (χ0) is 24.1. The summed E-state index contributed by atoms with van der Waals surface area (Å²) >= 11 is 1.31. The van der Waals surface area contributed by atoms with Crippen LogP contribution in [-0.4, -0.2) is 46.6 Å². The van der Waals surface area contributed by atoms with Gasteiger partial charge in [0.05, 0.1) is 10.3 Å². The maximum Gasteiger partial charge on any atom is 0.262 e. The standard InChI is InChI=1S/C26H34N4O3S/c1-4-29(5-2)15-16-33-20-12-9-8-11-19(20)17-27-24(31)23-18(3)22-25(34-23)28-21-13-7-6-10-14-30(21)26(22)32/h8-9,11-12H,4-7,10,13-17H2,1-3H3,(H,27,31). The molecule has 0 radical (unpaired) electrons. The number of rotatable bonds is 9. The van der Waals surface area contributed by atoms with Gasteiger partial charge in [-0.15, -0.1) is 11.3 Å². The summed E-state index contributed by atoms with van der Waals surface area (Å²) < 4.78 is 7.83. The summed E-state index contributed by atoms with van der Waals surface area (Å²) in [6, 6.07) is 7.79. The van der Waals surface area contributed by atoms with Crippen LogP contribution >= 0.6 is 11.3 Å². The lowest BCUT2D eigenvalue weighted by Crippen LogP contribution is -2.28. The molecular weight excluding hydrogens is 448 g/mol. The van der Waals surface area contributed by atoms with Crippen LogP contribution in [0.5, 0.6) is 5.75 Å². The lowest BCUT2D eigenvalue weighted by Gasteiger charge is -2.19. The normalized spacial score (nSPS) is 13.6. The minimum Gasteiger partial charge on any atom is -0.492 e. The van der Waals surface area contributed by atoms with Crippen LogP contribution in [0.25, 0.3) is 10.2 Å². The summed E-state index contributed by atoms with van der Waals surface area (Å²) in [5, 5.41) is 3.61. The molecule has 0 saturated carbocycles. The van der Waals surface area contributed by atoms with Gasteiger partial charge in [0.1, 0.15) is 23.0 Å². The molecule has 0 spiro atoms. The molecule has 34 heavy (non-hydrogen) atoms. The van der Waals surface area contributed by atoms with Gasteiger partial charge in [0, 0.05) is 31.6 Å². The van der Waals surface area contributed by atoms with E-state index < -0.39 is 0 Å². The second kappa shape index (κ2) is 11.1. The van der Waals surface area contributed by atoms with Crippen LogP contribution in [0.3, 0.4) is 0 Å². The molecule has 3 heterocycles. The van der Waals surface area contributed by atoms with Gasteiger partial charge >= 0.3 is 0 Å². The third-order valence-electron chi connectivity index (χ3n) is 6.59. The van der Waals surface area contributed by atoms with Crippen molar-refractivity contribution in [2.45, 2.75) is 59.5 Å². The minimum absolute atomic E-state index is 0.0124. The van der Waals surface area contributed by atoms with E-state index in [1.807, 2.05) is 35.8 Å². The molecule has 0 saturated heterocycles. The number of thiophene rings is 1.